The molecular weight excluding hydrogens is 178 g/mol. The first kappa shape index (κ1) is 7.18. The lowest BCUT2D eigenvalue weighted by molar-refractivity contribution is 0.685. The van der Waals surface area contributed by atoms with E-state index in [0.717, 1.165) is 27.3 Å². The first-order valence-corrected chi connectivity index (χ1v) is 5.11. The van der Waals surface area contributed by atoms with Gasteiger partial charge < -0.3 is 4.98 Å². The van der Waals surface area contributed by atoms with E-state index in [1.165, 1.54) is 0 Å². The van der Waals surface area contributed by atoms with Crippen molar-refractivity contribution in [1.82, 2.24) is 4.98 Å². The van der Waals surface area contributed by atoms with E-state index < -0.39 is 10.8 Å². The summed E-state index contributed by atoms with van der Waals surface area (Å²) in [5, 5.41) is 0. The molecule has 1 N–H and O–H groups in total. The summed E-state index contributed by atoms with van der Waals surface area (Å²) >= 11 is 5.04. The average Bonchev–Trinajstić information content (AvgIpc) is 2.34. The molecule has 0 bridgehead atoms. The molecule has 0 amide bonds. The van der Waals surface area contributed by atoms with E-state index in [0.29, 0.717) is 0 Å². The minimum absolute atomic E-state index is 0.722. The first-order valence-electron chi connectivity index (χ1n) is 3.38. The van der Waals surface area contributed by atoms with Crippen molar-refractivity contribution in [3.05, 3.63) is 22.5 Å². The molecule has 4 heteroatoms. The van der Waals surface area contributed by atoms with Crippen LogP contribution in [0.25, 0.3) is 0 Å². The highest BCUT2D eigenvalue weighted by atomic mass is 32.2. The van der Waals surface area contributed by atoms with Gasteiger partial charge in [0.1, 0.15) is 0 Å². The molecule has 0 radical (unpaired) electrons. The number of fused-ring (bicyclic) bond motifs is 1. The Kier molecular flexibility index (Phi) is 1.65. The minimum atomic E-state index is -0.845. The second kappa shape index (κ2) is 2.53. The number of pyridine rings is 1. The van der Waals surface area contributed by atoms with Gasteiger partial charge in [-0.25, -0.2) is 0 Å². The standard InChI is InChI=1S/C7H7NOS2/c9-11-4-2-5-7(11)6(10)1-3-8-5/h1,3H,2,4H2,(H,8,10). The molecule has 2 heterocycles. The van der Waals surface area contributed by atoms with E-state index in [4.69, 9.17) is 12.2 Å². The fourth-order valence-electron chi connectivity index (χ4n) is 1.24. The van der Waals surface area contributed by atoms with Crippen LogP contribution in [0.5, 0.6) is 0 Å². The highest BCUT2D eigenvalue weighted by Crippen LogP contribution is 2.20. The quantitative estimate of drug-likeness (QED) is 0.620. The van der Waals surface area contributed by atoms with Crippen molar-refractivity contribution in [3.63, 3.8) is 0 Å². The van der Waals surface area contributed by atoms with Crippen LogP contribution in [0, 0.1) is 4.51 Å². The van der Waals surface area contributed by atoms with Crippen LogP contribution in [-0.2, 0) is 17.2 Å². The zero-order chi connectivity index (χ0) is 7.84. The molecule has 1 aromatic heterocycles. The number of aryl methyl sites for hydroxylation is 1. The second-order valence-electron chi connectivity index (χ2n) is 2.45. The molecular formula is C7H7NOS2. The summed E-state index contributed by atoms with van der Waals surface area (Å²) in [6, 6.07) is 1.79. The number of nitrogens with one attached hydrogen (secondary N) is 1. The van der Waals surface area contributed by atoms with Gasteiger partial charge in [-0.1, -0.05) is 12.2 Å². The van der Waals surface area contributed by atoms with Crippen molar-refractivity contribution in [2.45, 2.75) is 11.3 Å². The third kappa shape index (κ3) is 1.06. The van der Waals surface area contributed by atoms with Crippen LogP contribution in [0.1, 0.15) is 5.69 Å². The Hall–Kier alpha value is -0.480. The highest BCUT2D eigenvalue weighted by molar-refractivity contribution is 7.85. The number of H-pyrrole nitrogens is 1. The van der Waals surface area contributed by atoms with E-state index in [-0.39, 0.29) is 0 Å². The molecule has 1 aliphatic rings. The molecule has 1 aromatic rings. The fraction of sp³-hybridized carbons (Fsp3) is 0.286. The number of rotatable bonds is 0. The van der Waals surface area contributed by atoms with E-state index >= 15 is 0 Å². The number of hydrogen-bond acceptors (Lipinski definition) is 2. The lowest BCUT2D eigenvalue weighted by Gasteiger charge is -1.94. The van der Waals surface area contributed by atoms with Crippen LogP contribution in [0.15, 0.2) is 17.2 Å². The molecule has 0 aliphatic carbocycles. The minimum Gasteiger partial charge on any atom is -0.364 e. The monoisotopic (exact) mass is 185 g/mol. The Morgan fingerprint density at radius 1 is 1.64 bits per heavy atom. The molecule has 0 saturated carbocycles. The van der Waals surface area contributed by atoms with E-state index in [1.54, 1.807) is 6.07 Å². The van der Waals surface area contributed by atoms with Crippen molar-refractivity contribution in [2.75, 3.05) is 5.75 Å². The van der Waals surface area contributed by atoms with Crippen molar-refractivity contribution < 1.29 is 4.21 Å². The summed E-state index contributed by atoms with van der Waals surface area (Å²) in [6.45, 7) is 0. The number of aromatic nitrogens is 1. The SMILES string of the molecule is O=S1CCc2[nH]ccc(=S)c21. The van der Waals surface area contributed by atoms with E-state index in [2.05, 4.69) is 4.98 Å². The van der Waals surface area contributed by atoms with Crippen molar-refractivity contribution in [1.29, 1.82) is 0 Å². The van der Waals surface area contributed by atoms with Crippen LogP contribution in [0.2, 0.25) is 0 Å². The average molecular weight is 185 g/mol. The molecule has 0 fully saturated rings. The van der Waals surface area contributed by atoms with Gasteiger partial charge in [0.05, 0.1) is 20.2 Å². The summed E-state index contributed by atoms with van der Waals surface area (Å²) in [4.78, 5) is 3.91. The van der Waals surface area contributed by atoms with Crippen LogP contribution >= 0.6 is 12.2 Å². The lowest BCUT2D eigenvalue weighted by Crippen LogP contribution is -1.88. The maximum absolute atomic E-state index is 11.3. The first-order chi connectivity index (χ1) is 5.29. The predicted molar refractivity (Wildman–Crippen MR) is 46.6 cm³/mol. The summed E-state index contributed by atoms with van der Waals surface area (Å²) < 4.78 is 12.0. The number of aromatic amines is 1. The van der Waals surface area contributed by atoms with Crippen LogP contribution in [0.4, 0.5) is 0 Å². The van der Waals surface area contributed by atoms with Crippen molar-refractivity contribution >= 4 is 23.0 Å². The van der Waals surface area contributed by atoms with Crippen LogP contribution in [-0.4, -0.2) is 14.9 Å². The Balaban J connectivity index is 2.78. The smallest absolute Gasteiger partial charge is 0.0761 e. The molecule has 1 unspecified atom stereocenters. The molecule has 1 aliphatic heterocycles. The van der Waals surface area contributed by atoms with Gasteiger partial charge in [0.25, 0.3) is 0 Å². The van der Waals surface area contributed by atoms with Gasteiger partial charge in [-0.15, -0.1) is 0 Å². The van der Waals surface area contributed by atoms with E-state index in [9.17, 15) is 4.21 Å². The zero-order valence-corrected chi connectivity index (χ0v) is 7.43. The maximum Gasteiger partial charge on any atom is 0.0761 e. The molecule has 2 rings (SSSR count). The Morgan fingerprint density at radius 2 is 2.45 bits per heavy atom. The lowest BCUT2D eigenvalue weighted by atomic mass is 10.3. The van der Waals surface area contributed by atoms with Gasteiger partial charge >= 0.3 is 0 Å². The van der Waals surface area contributed by atoms with Gasteiger partial charge in [0, 0.05) is 24.1 Å². The third-order valence-corrected chi connectivity index (χ3v) is 3.72. The molecule has 1 atom stereocenters. The Bertz CT molecular complexity index is 369. The van der Waals surface area contributed by atoms with Crippen LogP contribution < -0.4 is 0 Å². The fourth-order valence-corrected chi connectivity index (χ4v) is 3.03. The number of hydrogen-bond donors (Lipinski definition) is 1. The molecule has 0 saturated heterocycles. The predicted octanol–water partition coefficient (Wildman–Crippen LogP) is 1.41. The van der Waals surface area contributed by atoms with Gasteiger partial charge in [0.15, 0.2) is 0 Å². The Morgan fingerprint density at radius 3 is 3.18 bits per heavy atom. The van der Waals surface area contributed by atoms with Gasteiger partial charge in [-0.3, -0.25) is 4.21 Å². The molecule has 58 valence electrons. The maximum atomic E-state index is 11.3. The zero-order valence-electron chi connectivity index (χ0n) is 5.79. The third-order valence-electron chi connectivity index (χ3n) is 1.76. The largest absolute Gasteiger partial charge is 0.364 e. The molecule has 0 spiro atoms. The van der Waals surface area contributed by atoms with Gasteiger partial charge in [0.2, 0.25) is 0 Å². The Labute approximate surface area is 72.1 Å². The molecule has 2 nitrogen and oxygen atoms in total. The summed E-state index contributed by atoms with van der Waals surface area (Å²) in [6.07, 6.45) is 2.68. The summed E-state index contributed by atoms with van der Waals surface area (Å²) in [5.74, 6) is 0.722. The highest BCUT2D eigenvalue weighted by Gasteiger charge is 2.18. The van der Waals surface area contributed by atoms with Gasteiger partial charge in [-0.2, -0.15) is 0 Å². The second-order valence-corrected chi connectivity index (χ2v) is 4.40. The van der Waals surface area contributed by atoms with Crippen molar-refractivity contribution in [3.8, 4) is 0 Å². The topological polar surface area (TPSA) is 32.9 Å². The summed E-state index contributed by atoms with van der Waals surface area (Å²) in [5.41, 5.74) is 1.05. The normalized spacial score (nSPS) is 21.6. The van der Waals surface area contributed by atoms with E-state index in [1.807, 2.05) is 6.20 Å². The van der Waals surface area contributed by atoms with Gasteiger partial charge in [-0.05, 0) is 6.07 Å². The summed E-state index contributed by atoms with van der Waals surface area (Å²) in [7, 11) is -0.845. The molecule has 0 aromatic carbocycles. The van der Waals surface area contributed by atoms with Crippen molar-refractivity contribution in [2.24, 2.45) is 0 Å². The van der Waals surface area contributed by atoms with Crippen LogP contribution in [0.3, 0.4) is 0 Å². The molecule has 11 heavy (non-hydrogen) atoms.